The second-order valence-electron chi connectivity index (χ2n) is 5.76. The van der Waals surface area contributed by atoms with Gasteiger partial charge in [-0.25, -0.2) is 0 Å². The molecule has 19 heavy (non-hydrogen) atoms. The van der Waals surface area contributed by atoms with Crippen LogP contribution in [-0.4, -0.2) is 47.2 Å². The molecular formula is C14H24O5. The number of aliphatic hydroxyl groups is 2. The minimum absolute atomic E-state index is 0.00597. The summed E-state index contributed by atoms with van der Waals surface area (Å²) in [5.74, 6) is 0.946. The highest BCUT2D eigenvalue weighted by Gasteiger charge is 2.42. The van der Waals surface area contributed by atoms with E-state index in [2.05, 4.69) is 5.92 Å². The molecule has 3 atom stereocenters. The van der Waals surface area contributed by atoms with Gasteiger partial charge in [0.2, 0.25) is 0 Å². The molecule has 2 saturated heterocycles. The van der Waals surface area contributed by atoms with E-state index >= 15 is 0 Å². The van der Waals surface area contributed by atoms with Gasteiger partial charge in [-0.1, -0.05) is 0 Å². The predicted octanol–water partition coefficient (Wildman–Crippen LogP) is 0.883. The molecule has 0 amide bonds. The molecule has 2 rings (SSSR count). The zero-order chi connectivity index (χ0) is 14.7. The van der Waals surface area contributed by atoms with Crippen molar-refractivity contribution in [3.8, 4) is 12.3 Å². The average molecular weight is 272 g/mol. The van der Waals surface area contributed by atoms with Crippen LogP contribution in [0.25, 0.3) is 0 Å². The lowest BCUT2D eigenvalue weighted by atomic mass is 9.99. The molecule has 0 aromatic rings. The quantitative estimate of drug-likeness (QED) is 0.548. The van der Waals surface area contributed by atoms with Crippen LogP contribution in [0, 0.1) is 18.3 Å². The molecule has 5 heteroatoms. The Balaban J connectivity index is 0.000000312. The van der Waals surface area contributed by atoms with E-state index < -0.39 is 11.6 Å². The first kappa shape index (κ1) is 16.4. The summed E-state index contributed by atoms with van der Waals surface area (Å²) < 4.78 is 16.8. The van der Waals surface area contributed by atoms with Crippen molar-refractivity contribution >= 4 is 0 Å². The van der Waals surface area contributed by atoms with Crippen molar-refractivity contribution in [2.75, 3.05) is 13.2 Å². The highest BCUT2D eigenvalue weighted by molar-refractivity contribution is 5.02. The fourth-order valence-electron chi connectivity index (χ4n) is 2.03. The molecule has 2 fully saturated rings. The van der Waals surface area contributed by atoms with E-state index in [4.69, 9.17) is 30.8 Å². The first-order valence-corrected chi connectivity index (χ1v) is 6.46. The summed E-state index contributed by atoms with van der Waals surface area (Å²) in [6.07, 6.45) is 6.37. The van der Waals surface area contributed by atoms with Crippen LogP contribution in [0.15, 0.2) is 0 Å². The molecule has 2 N–H and O–H groups in total. The van der Waals surface area contributed by atoms with E-state index in [1.165, 1.54) is 13.8 Å². The molecule has 0 aromatic carbocycles. The molecule has 0 aliphatic carbocycles. The third-order valence-corrected chi connectivity index (χ3v) is 2.75. The minimum Gasteiger partial charge on any atom is -0.374 e. The normalized spacial score (nSPS) is 33.4. The van der Waals surface area contributed by atoms with Crippen LogP contribution in [0.2, 0.25) is 0 Å². The second-order valence-corrected chi connectivity index (χ2v) is 5.76. The standard InChI is InChI=1S/C11H16O3.C3H8O2/c1-4-8-5-6-12-10(8)9-7-13-11(2,3)14-9;1-3(2,4)5/h1,8-10H,5-7H2,2-3H3;4-5H,1-2H3/t8-,9?,10?;/m1./s1. The molecule has 2 unspecified atom stereocenters. The third-order valence-electron chi connectivity index (χ3n) is 2.75. The van der Waals surface area contributed by atoms with Gasteiger partial charge in [-0.3, -0.25) is 0 Å². The lowest BCUT2D eigenvalue weighted by Gasteiger charge is -2.22. The topological polar surface area (TPSA) is 68.2 Å². The molecule has 0 aromatic heterocycles. The Bertz CT molecular complexity index is 320. The van der Waals surface area contributed by atoms with Crippen LogP contribution < -0.4 is 0 Å². The first-order valence-electron chi connectivity index (χ1n) is 6.46. The third kappa shape index (κ3) is 5.89. The van der Waals surface area contributed by atoms with Crippen LogP contribution >= 0.6 is 0 Å². The molecule has 2 heterocycles. The average Bonchev–Trinajstić information content (AvgIpc) is 2.80. The molecule has 0 spiro atoms. The molecule has 5 nitrogen and oxygen atoms in total. The lowest BCUT2D eigenvalue weighted by Crippen LogP contribution is -2.34. The van der Waals surface area contributed by atoms with Gasteiger partial charge < -0.3 is 24.4 Å². The van der Waals surface area contributed by atoms with Gasteiger partial charge in [0, 0.05) is 6.61 Å². The Hall–Kier alpha value is -0.640. The maximum Gasteiger partial charge on any atom is 0.163 e. The largest absolute Gasteiger partial charge is 0.374 e. The Morgan fingerprint density at radius 3 is 2.32 bits per heavy atom. The summed E-state index contributed by atoms with van der Waals surface area (Å²) in [7, 11) is 0. The van der Waals surface area contributed by atoms with E-state index in [-0.39, 0.29) is 18.1 Å². The summed E-state index contributed by atoms with van der Waals surface area (Å²) in [6.45, 7) is 7.73. The van der Waals surface area contributed by atoms with Gasteiger partial charge in [0.15, 0.2) is 11.6 Å². The molecule has 0 radical (unpaired) electrons. The number of rotatable bonds is 1. The maximum atomic E-state index is 8.08. The second kappa shape index (κ2) is 6.21. The monoisotopic (exact) mass is 272 g/mol. The van der Waals surface area contributed by atoms with E-state index in [1.807, 2.05) is 13.8 Å². The van der Waals surface area contributed by atoms with Crippen molar-refractivity contribution in [3.05, 3.63) is 0 Å². The van der Waals surface area contributed by atoms with Gasteiger partial charge in [0.05, 0.1) is 18.6 Å². The lowest BCUT2D eigenvalue weighted by molar-refractivity contribution is -0.153. The molecular weight excluding hydrogens is 248 g/mol. The van der Waals surface area contributed by atoms with Crippen LogP contribution in [0.5, 0.6) is 0 Å². The number of ether oxygens (including phenoxy) is 3. The zero-order valence-corrected chi connectivity index (χ0v) is 12.0. The predicted molar refractivity (Wildman–Crippen MR) is 70.1 cm³/mol. The van der Waals surface area contributed by atoms with Crippen LogP contribution in [0.3, 0.4) is 0 Å². The first-order chi connectivity index (χ1) is 8.62. The summed E-state index contributed by atoms with van der Waals surface area (Å²) >= 11 is 0. The molecule has 0 saturated carbocycles. The Morgan fingerprint density at radius 1 is 1.32 bits per heavy atom. The number of hydrogen-bond acceptors (Lipinski definition) is 5. The number of hydrogen-bond donors (Lipinski definition) is 2. The Labute approximate surface area is 114 Å². The van der Waals surface area contributed by atoms with E-state index in [0.717, 1.165) is 13.0 Å². The fraction of sp³-hybridized carbons (Fsp3) is 0.857. The van der Waals surface area contributed by atoms with Gasteiger partial charge in [0.25, 0.3) is 0 Å². The molecule has 2 aliphatic rings. The van der Waals surface area contributed by atoms with Crippen molar-refractivity contribution in [2.45, 2.75) is 57.9 Å². The molecule has 0 bridgehead atoms. The SMILES string of the molecule is C#C[C@@H]1CCOC1C1COC(C)(C)O1.CC(C)(O)O. The van der Waals surface area contributed by atoms with Crippen LogP contribution in [0.4, 0.5) is 0 Å². The van der Waals surface area contributed by atoms with Gasteiger partial charge in [-0.2, -0.15) is 0 Å². The summed E-state index contributed by atoms with van der Waals surface area (Å²) in [6, 6.07) is 0. The number of terminal acetylenes is 1. The minimum atomic E-state index is -1.50. The smallest absolute Gasteiger partial charge is 0.163 e. The summed E-state index contributed by atoms with van der Waals surface area (Å²) in [5.41, 5.74) is 0. The molecule has 2 aliphatic heterocycles. The van der Waals surface area contributed by atoms with E-state index in [1.54, 1.807) is 0 Å². The Morgan fingerprint density at radius 2 is 1.89 bits per heavy atom. The van der Waals surface area contributed by atoms with Crippen LogP contribution in [-0.2, 0) is 14.2 Å². The van der Waals surface area contributed by atoms with Crippen molar-refractivity contribution in [3.63, 3.8) is 0 Å². The fourth-order valence-corrected chi connectivity index (χ4v) is 2.03. The highest BCUT2D eigenvalue weighted by atomic mass is 16.7. The summed E-state index contributed by atoms with van der Waals surface area (Å²) in [5, 5.41) is 16.2. The van der Waals surface area contributed by atoms with E-state index in [0.29, 0.717) is 6.61 Å². The summed E-state index contributed by atoms with van der Waals surface area (Å²) in [4.78, 5) is 0. The van der Waals surface area contributed by atoms with E-state index in [9.17, 15) is 0 Å². The van der Waals surface area contributed by atoms with Crippen molar-refractivity contribution < 1.29 is 24.4 Å². The van der Waals surface area contributed by atoms with Crippen molar-refractivity contribution in [1.82, 2.24) is 0 Å². The van der Waals surface area contributed by atoms with Crippen molar-refractivity contribution in [2.24, 2.45) is 5.92 Å². The van der Waals surface area contributed by atoms with Gasteiger partial charge in [-0.05, 0) is 34.1 Å². The van der Waals surface area contributed by atoms with Crippen LogP contribution in [0.1, 0.15) is 34.1 Å². The Kier molecular flexibility index (Phi) is 5.36. The van der Waals surface area contributed by atoms with Gasteiger partial charge in [0.1, 0.15) is 6.10 Å². The van der Waals surface area contributed by atoms with Crippen molar-refractivity contribution in [1.29, 1.82) is 0 Å². The van der Waals surface area contributed by atoms with Gasteiger partial charge in [-0.15, -0.1) is 12.3 Å². The van der Waals surface area contributed by atoms with Gasteiger partial charge >= 0.3 is 0 Å². The highest BCUT2D eigenvalue weighted by Crippen LogP contribution is 2.32. The molecule has 110 valence electrons. The maximum absolute atomic E-state index is 8.08. The zero-order valence-electron chi connectivity index (χ0n) is 12.0.